The first-order chi connectivity index (χ1) is 6.27. The Morgan fingerprint density at radius 1 is 1.15 bits per heavy atom. The first-order valence-electron chi connectivity index (χ1n) is 4.29. The summed E-state index contributed by atoms with van der Waals surface area (Å²) < 4.78 is 0. The number of nitrogens with zero attached hydrogens (tertiary/aromatic N) is 2. The van der Waals surface area contributed by atoms with Gasteiger partial charge >= 0.3 is 0 Å². The molecule has 0 spiro atoms. The highest BCUT2D eigenvalue weighted by Crippen LogP contribution is 2.18. The third-order valence-electron chi connectivity index (χ3n) is 2.10. The van der Waals surface area contributed by atoms with Crippen molar-refractivity contribution in [2.24, 2.45) is 0 Å². The lowest BCUT2D eigenvalue weighted by molar-refractivity contribution is 1.13. The number of pyridine rings is 1. The Bertz CT molecular complexity index is 421. The Balaban J connectivity index is 2.62. The van der Waals surface area contributed by atoms with Crippen LogP contribution in [0.25, 0.3) is 10.9 Å². The molecule has 0 N–H and O–H groups in total. The van der Waals surface area contributed by atoms with Crippen molar-refractivity contribution in [1.82, 2.24) is 4.98 Å². The van der Waals surface area contributed by atoms with Crippen LogP contribution in [0.2, 0.25) is 0 Å². The van der Waals surface area contributed by atoms with Gasteiger partial charge in [-0.3, -0.25) is 4.98 Å². The van der Waals surface area contributed by atoms with Crippen molar-refractivity contribution in [3.63, 3.8) is 0 Å². The van der Waals surface area contributed by atoms with Gasteiger partial charge < -0.3 is 4.90 Å². The van der Waals surface area contributed by atoms with Crippen LogP contribution in [0.5, 0.6) is 0 Å². The van der Waals surface area contributed by atoms with Crippen LogP contribution >= 0.6 is 0 Å². The largest absolute Gasteiger partial charge is 0.378 e. The maximum absolute atomic E-state index is 4.26. The smallest absolute Gasteiger partial charge is 0.0703 e. The van der Waals surface area contributed by atoms with E-state index in [1.807, 2.05) is 32.4 Å². The van der Waals surface area contributed by atoms with E-state index in [9.17, 15) is 0 Å². The van der Waals surface area contributed by atoms with E-state index in [1.54, 1.807) is 0 Å². The van der Waals surface area contributed by atoms with E-state index in [0.29, 0.717) is 0 Å². The molecule has 2 rings (SSSR count). The molecule has 0 fully saturated rings. The van der Waals surface area contributed by atoms with Gasteiger partial charge in [-0.2, -0.15) is 0 Å². The van der Waals surface area contributed by atoms with Gasteiger partial charge in [0.2, 0.25) is 0 Å². The van der Waals surface area contributed by atoms with Crippen LogP contribution in [0.4, 0.5) is 5.69 Å². The van der Waals surface area contributed by atoms with E-state index in [2.05, 4.69) is 28.1 Å². The highest BCUT2D eigenvalue weighted by Gasteiger charge is 1.97. The van der Waals surface area contributed by atoms with E-state index >= 15 is 0 Å². The average molecular weight is 172 g/mol. The topological polar surface area (TPSA) is 16.1 Å². The molecule has 0 atom stereocenters. The van der Waals surface area contributed by atoms with Gasteiger partial charge in [0.25, 0.3) is 0 Å². The molecule has 0 amide bonds. The first-order valence-corrected chi connectivity index (χ1v) is 4.29. The zero-order valence-electron chi connectivity index (χ0n) is 7.86. The highest BCUT2D eigenvalue weighted by atomic mass is 15.1. The van der Waals surface area contributed by atoms with E-state index in [0.717, 1.165) is 5.52 Å². The van der Waals surface area contributed by atoms with Crippen molar-refractivity contribution in [2.75, 3.05) is 19.0 Å². The molecule has 0 saturated heterocycles. The Labute approximate surface area is 77.8 Å². The fourth-order valence-electron chi connectivity index (χ4n) is 1.34. The van der Waals surface area contributed by atoms with Crippen LogP contribution < -0.4 is 4.90 Å². The molecule has 0 aliphatic rings. The Morgan fingerprint density at radius 3 is 2.77 bits per heavy atom. The van der Waals surface area contributed by atoms with E-state index in [4.69, 9.17) is 0 Å². The zero-order chi connectivity index (χ0) is 9.26. The molecule has 0 aliphatic carbocycles. The second kappa shape index (κ2) is 3.05. The molecule has 0 saturated carbocycles. The molecule has 2 aromatic rings. The molecule has 1 aromatic carbocycles. The highest BCUT2D eigenvalue weighted by molar-refractivity contribution is 5.82. The molecular formula is C11H12N2. The van der Waals surface area contributed by atoms with Crippen LogP contribution in [0.3, 0.4) is 0 Å². The zero-order valence-corrected chi connectivity index (χ0v) is 7.86. The normalized spacial score (nSPS) is 10.3. The summed E-state index contributed by atoms with van der Waals surface area (Å²) in [5.74, 6) is 0. The van der Waals surface area contributed by atoms with Gasteiger partial charge in [-0.25, -0.2) is 0 Å². The van der Waals surface area contributed by atoms with Crippen molar-refractivity contribution < 1.29 is 0 Å². The summed E-state index contributed by atoms with van der Waals surface area (Å²) in [7, 11) is 4.08. The third kappa shape index (κ3) is 1.47. The molecule has 1 heterocycles. The van der Waals surface area contributed by atoms with E-state index < -0.39 is 0 Å². The predicted octanol–water partition coefficient (Wildman–Crippen LogP) is 2.30. The summed E-state index contributed by atoms with van der Waals surface area (Å²) >= 11 is 0. The van der Waals surface area contributed by atoms with Crippen LogP contribution in [0, 0.1) is 0 Å². The van der Waals surface area contributed by atoms with Crippen LogP contribution in [-0.4, -0.2) is 19.1 Å². The Hall–Kier alpha value is -1.57. The monoisotopic (exact) mass is 172 g/mol. The Kier molecular flexibility index (Phi) is 1.89. The summed E-state index contributed by atoms with van der Waals surface area (Å²) in [4.78, 5) is 6.35. The quantitative estimate of drug-likeness (QED) is 0.656. The number of hydrogen-bond donors (Lipinski definition) is 0. The predicted molar refractivity (Wildman–Crippen MR) is 56.1 cm³/mol. The van der Waals surface area contributed by atoms with Crippen molar-refractivity contribution in [3.8, 4) is 0 Å². The van der Waals surface area contributed by atoms with Gasteiger partial charge in [0.1, 0.15) is 0 Å². The third-order valence-corrected chi connectivity index (χ3v) is 2.10. The molecule has 2 nitrogen and oxygen atoms in total. The summed E-state index contributed by atoms with van der Waals surface area (Å²) in [6.07, 6.45) is 1.82. The summed E-state index contributed by atoms with van der Waals surface area (Å²) in [6, 6.07) is 10.3. The standard InChI is InChI=1S/C11H12N2/c1-13(2)10-5-6-11-9(8-10)4-3-7-12-11/h3-8H,1-2H3. The minimum absolute atomic E-state index is 1.05. The molecule has 13 heavy (non-hydrogen) atoms. The molecule has 0 unspecified atom stereocenters. The lowest BCUT2D eigenvalue weighted by atomic mass is 10.2. The fraction of sp³-hybridized carbons (Fsp3) is 0.182. The molecule has 0 aliphatic heterocycles. The number of aromatic nitrogens is 1. The summed E-state index contributed by atoms with van der Waals surface area (Å²) in [6.45, 7) is 0. The lowest BCUT2D eigenvalue weighted by Gasteiger charge is -2.12. The SMILES string of the molecule is CN(C)c1ccc2ncccc2c1. The number of benzene rings is 1. The summed E-state index contributed by atoms with van der Waals surface area (Å²) in [5.41, 5.74) is 2.26. The first kappa shape index (κ1) is 8.05. The van der Waals surface area contributed by atoms with E-state index in [1.165, 1.54) is 11.1 Å². The number of fused-ring (bicyclic) bond motifs is 1. The van der Waals surface area contributed by atoms with Crippen molar-refractivity contribution in [2.45, 2.75) is 0 Å². The van der Waals surface area contributed by atoms with Gasteiger partial charge in [0.15, 0.2) is 0 Å². The summed E-state index contributed by atoms with van der Waals surface area (Å²) in [5, 5.41) is 1.19. The molecule has 2 heteroatoms. The van der Waals surface area contributed by atoms with Gasteiger partial charge in [-0.1, -0.05) is 6.07 Å². The van der Waals surface area contributed by atoms with Gasteiger partial charge in [0.05, 0.1) is 5.52 Å². The molecule has 66 valence electrons. The maximum atomic E-state index is 4.26. The van der Waals surface area contributed by atoms with Crippen LogP contribution in [0.1, 0.15) is 0 Å². The number of hydrogen-bond acceptors (Lipinski definition) is 2. The molecule has 0 bridgehead atoms. The fourth-order valence-corrected chi connectivity index (χ4v) is 1.34. The van der Waals surface area contributed by atoms with Crippen LogP contribution in [-0.2, 0) is 0 Å². The molecular weight excluding hydrogens is 160 g/mol. The second-order valence-electron chi connectivity index (χ2n) is 3.27. The maximum Gasteiger partial charge on any atom is 0.0703 e. The van der Waals surface area contributed by atoms with Gasteiger partial charge in [0, 0.05) is 31.4 Å². The van der Waals surface area contributed by atoms with Crippen molar-refractivity contribution in [3.05, 3.63) is 36.5 Å². The molecule has 0 radical (unpaired) electrons. The number of rotatable bonds is 1. The van der Waals surface area contributed by atoms with Crippen molar-refractivity contribution in [1.29, 1.82) is 0 Å². The Morgan fingerprint density at radius 2 is 2.00 bits per heavy atom. The second-order valence-corrected chi connectivity index (χ2v) is 3.27. The molecule has 1 aromatic heterocycles. The number of anilines is 1. The average Bonchev–Trinajstić information content (AvgIpc) is 2.17. The van der Waals surface area contributed by atoms with E-state index in [-0.39, 0.29) is 0 Å². The van der Waals surface area contributed by atoms with Crippen LogP contribution in [0.15, 0.2) is 36.5 Å². The lowest BCUT2D eigenvalue weighted by Crippen LogP contribution is -2.08. The minimum atomic E-state index is 1.05. The van der Waals surface area contributed by atoms with Crippen molar-refractivity contribution >= 4 is 16.6 Å². The van der Waals surface area contributed by atoms with Gasteiger partial charge in [-0.15, -0.1) is 0 Å². The van der Waals surface area contributed by atoms with Gasteiger partial charge in [-0.05, 0) is 24.3 Å². The minimum Gasteiger partial charge on any atom is -0.378 e.